The van der Waals surface area contributed by atoms with Gasteiger partial charge in [0.25, 0.3) is 0 Å². The first-order valence-electron chi connectivity index (χ1n) is 8.29. The molecule has 25 heavy (non-hydrogen) atoms. The lowest BCUT2D eigenvalue weighted by atomic mass is 9.97. The van der Waals surface area contributed by atoms with Crippen LogP contribution in [-0.4, -0.2) is 34.6 Å². The third-order valence-electron chi connectivity index (χ3n) is 4.33. The molecule has 3 rings (SSSR count). The molecule has 0 aliphatic carbocycles. The first-order chi connectivity index (χ1) is 12.0. The van der Waals surface area contributed by atoms with Crippen molar-refractivity contribution < 1.29 is 17.9 Å². The number of rotatable bonds is 5. The highest BCUT2D eigenvalue weighted by atomic mass is 19.4. The standard InChI is InChI=1S/C18H20F3N3O/c19-18(20,21)17-11-16(4-8-23-17)25-13-14-5-9-24(10-6-14)12-15-3-1-2-7-22-15/h1-4,7-8,11,14H,5-6,9-10,12-13H2. The fraction of sp³-hybridized carbons (Fsp3) is 0.444. The van der Waals surface area contributed by atoms with Gasteiger partial charge in [-0.3, -0.25) is 14.9 Å². The molecular formula is C18H20F3N3O. The molecule has 134 valence electrons. The number of piperidine rings is 1. The molecule has 0 N–H and O–H groups in total. The van der Waals surface area contributed by atoms with E-state index in [-0.39, 0.29) is 5.75 Å². The number of nitrogens with zero attached hydrogens (tertiary/aromatic N) is 3. The Hall–Kier alpha value is -2.15. The molecular weight excluding hydrogens is 331 g/mol. The van der Waals surface area contributed by atoms with Gasteiger partial charge in [0.1, 0.15) is 11.4 Å². The van der Waals surface area contributed by atoms with E-state index in [9.17, 15) is 13.2 Å². The average Bonchev–Trinajstić information content (AvgIpc) is 2.62. The summed E-state index contributed by atoms with van der Waals surface area (Å²) in [7, 11) is 0. The average molecular weight is 351 g/mol. The van der Waals surface area contributed by atoms with Gasteiger partial charge in [-0.05, 0) is 50.0 Å². The number of likely N-dealkylation sites (tertiary alicyclic amines) is 1. The fourth-order valence-electron chi connectivity index (χ4n) is 2.90. The molecule has 1 aliphatic heterocycles. The molecule has 3 heterocycles. The molecule has 2 aromatic heterocycles. The second-order valence-electron chi connectivity index (χ2n) is 6.23. The molecule has 0 bridgehead atoms. The highest BCUT2D eigenvalue weighted by molar-refractivity contribution is 5.24. The molecule has 0 aromatic carbocycles. The van der Waals surface area contributed by atoms with Crippen LogP contribution in [0.1, 0.15) is 24.2 Å². The monoisotopic (exact) mass is 351 g/mol. The highest BCUT2D eigenvalue weighted by Gasteiger charge is 2.32. The number of alkyl halides is 3. The zero-order valence-electron chi connectivity index (χ0n) is 13.7. The lowest BCUT2D eigenvalue weighted by Crippen LogP contribution is -2.35. The van der Waals surface area contributed by atoms with Gasteiger partial charge in [0.2, 0.25) is 0 Å². The zero-order valence-corrected chi connectivity index (χ0v) is 13.7. The number of hydrogen-bond donors (Lipinski definition) is 0. The van der Waals surface area contributed by atoms with Crippen molar-refractivity contribution in [3.05, 3.63) is 54.1 Å². The zero-order chi connectivity index (χ0) is 17.7. The van der Waals surface area contributed by atoms with Crippen molar-refractivity contribution in [2.24, 2.45) is 5.92 Å². The first kappa shape index (κ1) is 17.7. The van der Waals surface area contributed by atoms with Crippen molar-refractivity contribution in [3.8, 4) is 5.75 Å². The van der Waals surface area contributed by atoms with Crippen LogP contribution in [-0.2, 0) is 12.7 Å². The smallest absolute Gasteiger partial charge is 0.433 e. The van der Waals surface area contributed by atoms with Gasteiger partial charge in [-0.25, -0.2) is 0 Å². The second-order valence-corrected chi connectivity index (χ2v) is 6.23. The Morgan fingerprint density at radius 1 is 1.08 bits per heavy atom. The normalized spacial score (nSPS) is 16.8. The van der Waals surface area contributed by atoms with Gasteiger partial charge < -0.3 is 4.74 Å². The number of pyridine rings is 2. The minimum atomic E-state index is -4.45. The topological polar surface area (TPSA) is 38.2 Å². The van der Waals surface area contributed by atoms with Crippen LogP contribution in [0.3, 0.4) is 0 Å². The van der Waals surface area contributed by atoms with Gasteiger partial charge in [0, 0.05) is 25.0 Å². The van der Waals surface area contributed by atoms with Crippen LogP contribution >= 0.6 is 0 Å². The number of halogens is 3. The van der Waals surface area contributed by atoms with Crippen LogP contribution < -0.4 is 4.74 Å². The maximum absolute atomic E-state index is 12.7. The molecule has 0 spiro atoms. The lowest BCUT2D eigenvalue weighted by molar-refractivity contribution is -0.141. The van der Waals surface area contributed by atoms with E-state index >= 15 is 0 Å². The van der Waals surface area contributed by atoms with Gasteiger partial charge in [0.15, 0.2) is 0 Å². The molecule has 0 saturated carbocycles. The summed E-state index contributed by atoms with van der Waals surface area (Å²) in [6.07, 6.45) is 0.401. The molecule has 1 saturated heterocycles. The summed E-state index contributed by atoms with van der Waals surface area (Å²) in [5.74, 6) is 0.570. The van der Waals surface area contributed by atoms with Gasteiger partial charge >= 0.3 is 6.18 Å². The maximum Gasteiger partial charge on any atom is 0.433 e. The van der Waals surface area contributed by atoms with Crippen molar-refractivity contribution in [2.75, 3.05) is 19.7 Å². The van der Waals surface area contributed by atoms with E-state index in [1.54, 1.807) is 6.20 Å². The van der Waals surface area contributed by atoms with E-state index < -0.39 is 11.9 Å². The summed E-state index contributed by atoms with van der Waals surface area (Å²) in [6.45, 7) is 3.13. The largest absolute Gasteiger partial charge is 0.493 e. The predicted molar refractivity (Wildman–Crippen MR) is 87.0 cm³/mol. The summed E-state index contributed by atoms with van der Waals surface area (Å²) in [6, 6.07) is 8.31. The Kier molecular flexibility index (Phi) is 5.53. The first-order valence-corrected chi connectivity index (χ1v) is 8.29. The van der Waals surface area contributed by atoms with E-state index in [2.05, 4.69) is 14.9 Å². The lowest BCUT2D eigenvalue weighted by Gasteiger charge is -2.31. The van der Waals surface area contributed by atoms with Crippen molar-refractivity contribution in [2.45, 2.75) is 25.6 Å². The van der Waals surface area contributed by atoms with Crippen LogP contribution in [0.5, 0.6) is 5.75 Å². The minimum absolute atomic E-state index is 0.221. The molecule has 7 heteroatoms. The fourth-order valence-corrected chi connectivity index (χ4v) is 2.90. The Labute approximate surface area is 144 Å². The van der Waals surface area contributed by atoms with Crippen molar-refractivity contribution in [1.29, 1.82) is 0 Å². The van der Waals surface area contributed by atoms with Gasteiger partial charge in [-0.1, -0.05) is 6.07 Å². The third kappa shape index (κ3) is 5.16. The molecule has 0 unspecified atom stereocenters. The number of aromatic nitrogens is 2. The van der Waals surface area contributed by atoms with Crippen molar-refractivity contribution in [1.82, 2.24) is 14.9 Å². The highest BCUT2D eigenvalue weighted by Crippen LogP contribution is 2.29. The molecule has 0 atom stereocenters. The van der Waals surface area contributed by atoms with E-state index in [0.29, 0.717) is 12.5 Å². The van der Waals surface area contributed by atoms with Crippen LogP contribution in [0, 0.1) is 5.92 Å². The van der Waals surface area contributed by atoms with Crippen molar-refractivity contribution in [3.63, 3.8) is 0 Å². The van der Waals surface area contributed by atoms with Crippen molar-refractivity contribution >= 4 is 0 Å². The molecule has 4 nitrogen and oxygen atoms in total. The Balaban J connectivity index is 1.45. The summed E-state index contributed by atoms with van der Waals surface area (Å²) in [4.78, 5) is 10.0. The van der Waals surface area contributed by atoms with Crippen LogP contribution in [0.4, 0.5) is 13.2 Å². The van der Waals surface area contributed by atoms with E-state index in [4.69, 9.17) is 4.74 Å². The molecule has 0 radical (unpaired) electrons. The van der Waals surface area contributed by atoms with Crippen LogP contribution in [0.25, 0.3) is 0 Å². The van der Waals surface area contributed by atoms with Gasteiger partial charge in [-0.15, -0.1) is 0 Å². The third-order valence-corrected chi connectivity index (χ3v) is 4.33. The quantitative estimate of drug-likeness (QED) is 0.822. The summed E-state index contributed by atoms with van der Waals surface area (Å²) in [5.41, 5.74) is 0.129. The Bertz CT molecular complexity index is 671. The molecule has 0 amide bonds. The molecule has 1 fully saturated rings. The van der Waals surface area contributed by atoms with E-state index in [1.165, 1.54) is 6.07 Å². The minimum Gasteiger partial charge on any atom is -0.493 e. The number of hydrogen-bond acceptors (Lipinski definition) is 4. The predicted octanol–water partition coefficient (Wildman–Crippen LogP) is 3.79. The van der Waals surface area contributed by atoms with Gasteiger partial charge in [-0.2, -0.15) is 13.2 Å². The van der Waals surface area contributed by atoms with E-state index in [1.807, 2.05) is 18.2 Å². The maximum atomic E-state index is 12.7. The van der Waals surface area contributed by atoms with Gasteiger partial charge in [0.05, 0.1) is 12.3 Å². The second kappa shape index (κ2) is 7.82. The number of ether oxygens (including phenoxy) is 1. The SMILES string of the molecule is FC(F)(F)c1cc(OCC2CCN(Cc3ccccn3)CC2)ccn1. The van der Waals surface area contributed by atoms with Crippen LogP contribution in [0.2, 0.25) is 0 Å². The van der Waals surface area contributed by atoms with E-state index in [0.717, 1.165) is 50.4 Å². The molecule has 1 aliphatic rings. The molecule has 2 aromatic rings. The Morgan fingerprint density at radius 3 is 2.56 bits per heavy atom. The summed E-state index contributed by atoms with van der Waals surface area (Å²) in [5, 5.41) is 0. The van der Waals surface area contributed by atoms with Crippen LogP contribution in [0.15, 0.2) is 42.7 Å². The Morgan fingerprint density at radius 2 is 1.88 bits per heavy atom. The summed E-state index contributed by atoms with van der Waals surface area (Å²) >= 11 is 0. The summed E-state index contributed by atoms with van der Waals surface area (Å²) < 4.78 is 43.5.